The number of anilines is 1. The maximum Gasteiger partial charge on any atom is 0.307 e. The van der Waals surface area contributed by atoms with Gasteiger partial charge in [-0.15, -0.1) is 0 Å². The molecular formula is C12H16N2O4. The zero-order chi connectivity index (χ0) is 13.5. The van der Waals surface area contributed by atoms with E-state index in [1.54, 1.807) is 24.3 Å². The molecule has 0 saturated carbocycles. The Kier molecular flexibility index (Phi) is 5.29. The molecule has 1 atom stereocenters. The van der Waals surface area contributed by atoms with Crippen molar-refractivity contribution in [2.75, 3.05) is 19.0 Å². The summed E-state index contributed by atoms with van der Waals surface area (Å²) in [6.45, 7) is 0.104. The number of hydrogen-bond acceptors (Lipinski definition) is 4. The average Bonchev–Trinajstić information content (AvgIpc) is 2.31. The quantitative estimate of drug-likeness (QED) is 0.672. The van der Waals surface area contributed by atoms with Gasteiger partial charge in [-0.25, -0.2) is 0 Å². The molecule has 18 heavy (non-hydrogen) atoms. The summed E-state index contributed by atoms with van der Waals surface area (Å²) in [6.07, 6.45) is -0.157. The van der Waals surface area contributed by atoms with Crippen molar-refractivity contribution in [2.45, 2.75) is 12.5 Å². The van der Waals surface area contributed by atoms with Gasteiger partial charge in [0.25, 0.3) is 0 Å². The van der Waals surface area contributed by atoms with Crippen LogP contribution in [0.3, 0.4) is 0 Å². The van der Waals surface area contributed by atoms with E-state index < -0.39 is 17.9 Å². The van der Waals surface area contributed by atoms with Gasteiger partial charge >= 0.3 is 5.97 Å². The predicted molar refractivity (Wildman–Crippen MR) is 66.3 cm³/mol. The second kappa shape index (κ2) is 6.73. The normalized spacial score (nSPS) is 11.9. The van der Waals surface area contributed by atoms with Crippen LogP contribution in [0.1, 0.15) is 5.56 Å². The molecule has 1 aromatic carbocycles. The molecule has 0 fully saturated rings. The van der Waals surface area contributed by atoms with Crippen LogP contribution >= 0.6 is 0 Å². The first-order valence-electron chi connectivity index (χ1n) is 5.39. The Labute approximate surface area is 105 Å². The first kappa shape index (κ1) is 14.1. The predicted octanol–water partition coefficient (Wildman–Crippen LogP) is 0.226. The molecular weight excluding hydrogens is 236 g/mol. The molecule has 1 amide bonds. The standard InChI is InChI=1S/C12H16N2O4/c1-18-7-9(13)12(17)14-10-5-3-2-4-8(10)6-11(15)16/h2-5,9H,6-7,13H2,1H3,(H,14,17)(H,15,16). The van der Waals surface area contributed by atoms with Gasteiger partial charge in [-0.1, -0.05) is 18.2 Å². The summed E-state index contributed by atoms with van der Waals surface area (Å²) < 4.78 is 4.78. The number of hydrogen-bond donors (Lipinski definition) is 3. The van der Waals surface area contributed by atoms with Crippen molar-refractivity contribution in [1.29, 1.82) is 0 Å². The van der Waals surface area contributed by atoms with Crippen molar-refractivity contribution >= 4 is 17.6 Å². The summed E-state index contributed by atoms with van der Waals surface area (Å²) in [5.41, 5.74) is 6.56. The van der Waals surface area contributed by atoms with E-state index in [-0.39, 0.29) is 13.0 Å². The minimum absolute atomic E-state index is 0.104. The lowest BCUT2D eigenvalue weighted by atomic mass is 10.1. The number of rotatable bonds is 6. The number of nitrogens with two attached hydrogens (primary N) is 1. The van der Waals surface area contributed by atoms with E-state index in [0.717, 1.165) is 0 Å². The highest BCUT2D eigenvalue weighted by Crippen LogP contribution is 2.15. The van der Waals surface area contributed by atoms with Crippen molar-refractivity contribution in [3.63, 3.8) is 0 Å². The highest BCUT2D eigenvalue weighted by atomic mass is 16.5. The molecule has 4 N–H and O–H groups in total. The average molecular weight is 252 g/mol. The Morgan fingerprint density at radius 1 is 1.44 bits per heavy atom. The number of ether oxygens (including phenoxy) is 1. The van der Waals surface area contributed by atoms with Crippen molar-refractivity contribution in [3.05, 3.63) is 29.8 Å². The van der Waals surface area contributed by atoms with Gasteiger partial charge in [-0.05, 0) is 11.6 Å². The lowest BCUT2D eigenvalue weighted by Gasteiger charge is -2.13. The summed E-state index contributed by atoms with van der Waals surface area (Å²) in [4.78, 5) is 22.4. The molecule has 98 valence electrons. The Balaban J connectivity index is 2.77. The van der Waals surface area contributed by atoms with Crippen LogP contribution in [-0.4, -0.2) is 36.7 Å². The van der Waals surface area contributed by atoms with Crippen LogP contribution in [-0.2, 0) is 20.7 Å². The largest absolute Gasteiger partial charge is 0.481 e. The van der Waals surface area contributed by atoms with E-state index in [1.807, 2.05) is 0 Å². The minimum atomic E-state index is -0.960. The number of carboxylic acid groups (broad SMARTS) is 1. The molecule has 0 aliphatic heterocycles. The first-order valence-corrected chi connectivity index (χ1v) is 5.39. The summed E-state index contributed by atoms with van der Waals surface area (Å²) in [7, 11) is 1.45. The molecule has 0 aromatic heterocycles. The van der Waals surface area contributed by atoms with Crippen LogP contribution in [0.2, 0.25) is 0 Å². The third-order valence-corrected chi connectivity index (χ3v) is 2.30. The smallest absolute Gasteiger partial charge is 0.307 e. The molecule has 1 unspecified atom stereocenters. The van der Waals surface area contributed by atoms with Gasteiger partial charge in [0.2, 0.25) is 5.91 Å². The maximum absolute atomic E-state index is 11.7. The Morgan fingerprint density at radius 2 is 2.11 bits per heavy atom. The molecule has 1 aromatic rings. The highest BCUT2D eigenvalue weighted by molar-refractivity contribution is 5.95. The van der Waals surface area contributed by atoms with Crippen molar-refractivity contribution in [2.24, 2.45) is 5.73 Å². The van der Waals surface area contributed by atoms with Gasteiger partial charge in [-0.2, -0.15) is 0 Å². The third kappa shape index (κ3) is 4.15. The van der Waals surface area contributed by atoms with E-state index in [2.05, 4.69) is 5.32 Å². The van der Waals surface area contributed by atoms with Crippen LogP contribution in [0.25, 0.3) is 0 Å². The number of benzene rings is 1. The van der Waals surface area contributed by atoms with E-state index in [0.29, 0.717) is 11.3 Å². The molecule has 0 radical (unpaired) electrons. The number of aliphatic carboxylic acids is 1. The second-order valence-corrected chi connectivity index (χ2v) is 3.78. The molecule has 6 heteroatoms. The minimum Gasteiger partial charge on any atom is -0.481 e. The summed E-state index contributed by atoms with van der Waals surface area (Å²) in [5.74, 6) is -1.37. The fourth-order valence-electron chi connectivity index (χ4n) is 1.44. The fourth-order valence-corrected chi connectivity index (χ4v) is 1.44. The summed E-state index contributed by atoms with van der Waals surface area (Å²) in [5, 5.41) is 11.4. The lowest BCUT2D eigenvalue weighted by molar-refractivity contribution is -0.136. The molecule has 1 rings (SSSR count). The van der Waals surface area contributed by atoms with Crippen LogP contribution in [0.4, 0.5) is 5.69 Å². The number of nitrogens with one attached hydrogen (secondary N) is 1. The zero-order valence-corrected chi connectivity index (χ0v) is 10.1. The molecule has 0 saturated heterocycles. The van der Waals surface area contributed by atoms with Gasteiger partial charge in [-0.3, -0.25) is 9.59 Å². The van der Waals surface area contributed by atoms with Crippen LogP contribution in [0.15, 0.2) is 24.3 Å². The fraction of sp³-hybridized carbons (Fsp3) is 0.333. The molecule has 0 aliphatic rings. The highest BCUT2D eigenvalue weighted by Gasteiger charge is 2.15. The number of amides is 1. The zero-order valence-electron chi connectivity index (χ0n) is 10.1. The van der Waals surface area contributed by atoms with E-state index in [1.165, 1.54) is 7.11 Å². The SMILES string of the molecule is COCC(N)C(=O)Nc1ccccc1CC(=O)O. The van der Waals surface area contributed by atoms with Crippen LogP contribution in [0, 0.1) is 0 Å². The molecule has 0 aliphatic carbocycles. The lowest BCUT2D eigenvalue weighted by Crippen LogP contribution is -2.39. The van der Waals surface area contributed by atoms with Gasteiger partial charge in [0.1, 0.15) is 6.04 Å². The van der Waals surface area contributed by atoms with Gasteiger partial charge in [0, 0.05) is 12.8 Å². The number of methoxy groups -OCH3 is 1. The topological polar surface area (TPSA) is 102 Å². The van der Waals surface area contributed by atoms with E-state index in [9.17, 15) is 9.59 Å². The van der Waals surface area contributed by atoms with Crippen molar-refractivity contribution < 1.29 is 19.4 Å². The Bertz CT molecular complexity index is 434. The number of carboxylic acids is 1. The Hall–Kier alpha value is -1.92. The summed E-state index contributed by atoms with van der Waals surface area (Å²) >= 11 is 0. The number of para-hydroxylation sites is 1. The molecule has 0 bridgehead atoms. The Morgan fingerprint density at radius 3 is 2.72 bits per heavy atom. The van der Waals surface area contributed by atoms with Crippen LogP contribution in [0.5, 0.6) is 0 Å². The van der Waals surface area contributed by atoms with Gasteiger partial charge in [0.15, 0.2) is 0 Å². The van der Waals surface area contributed by atoms with Crippen molar-refractivity contribution in [3.8, 4) is 0 Å². The number of carbonyl (C=O) groups excluding carboxylic acids is 1. The van der Waals surface area contributed by atoms with Crippen LogP contribution < -0.4 is 11.1 Å². The summed E-state index contributed by atoms with van der Waals surface area (Å²) in [6, 6.07) is 5.92. The molecule has 0 heterocycles. The van der Waals surface area contributed by atoms with E-state index in [4.69, 9.17) is 15.6 Å². The number of carbonyl (C=O) groups is 2. The van der Waals surface area contributed by atoms with Gasteiger partial charge < -0.3 is 20.9 Å². The maximum atomic E-state index is 11.7. The van der Waals surface area contributed by atoms with E-state index >= 15 is 0 Å². The third-order valence-electron chi connectivity index (χ3n) is 2.30. The molecule has 6 nitrogen and oxygen atoms in total. The molecule has 0 spiro atoms. The van der Waals surface area contributed by atoms with Gasteiger partial charge in [0.05, 0.1) is 13.0 Å². The van der Waals surface area contributed by atoms with Crippen molar-refractivity contribution in [1.82, 2.24) is 0 Å². The monoisotopic (exact) mass is 252 g/mol. The first-order chi connectivity index (χ1) is 8.54. The second-order valence-electron chi connectivity index (χ2n) is 3.78.